The topological polar surface area (TPSA) is 90.4 Å². The maximum absolute atomic E-state index is 12.5. The Morgan fingerprint density at radius 3 is 2.80 bits per heavy atom. The molecule has 1 aliphatic heterocycles. The Balaban J connectivity index is 1.24. The molecule has 2 heterocycles. The summed E-state index contributed by atoms with van der Waals surface area (Å²) in [5.74, 6) is 0.404. The van der Waals surface area contributed by atoms with Gasteiger partial charge in [0, 0.05) is 38.3 Å². The van der Waals surface area contributed by atoms with Crippen LogP contribution < -0.4 is 10.6 Å². The molecule has 7 heteroatoms. The number of nitrogens with zero attached hydrogens (tertiary/aromatic N) is 3. The van der Waals surface area contributed by atoms with Crippen molar-refractivity contribution in [3.63, 3.8) is 0 Å². The van der Waals surface area contributed by atoms with Crippen molar-refractivity contribution in [3.8, 4) is 0 Å². The SMILES string of the molecule is O=C(NCC(O)CN1CCc2ccccc2C1)c1cc(NC2CCCCC2)ncn1. The number of fused-ring (bicyclic) bond motifs is 1. The van der Waals surface area contributed by atoms with E-state index in [-0.39, 0.29) is 12.5 Å². The Morgan fingerprint density at radius 1 is 1.17 bits per heavy atom. The summed E-state index contributed by atoms with van der Waals surface area (Å²) in [7, 11) is 0. The molecule has 0 spiro atoms. The molecule has 1 fully saturated rings. The lowest BCUT2D eigenvalue weighted by atomic mass is 9.95. The molecule has 1 saturated carbocycles. The number of hydrogen-bond donors (Lipinski definition) is 3. The summed E-state index contributed by atoms with van der Waals surface area (Å²) in [6.07, 6.45) is 7.82. The second kappa shape index (κ2) is 10.00. The number of aliphatic hydroxyl groups is 1. The first-order chi connectivity index (χ1) is 14.7. The van der Waals surface area contributed by atoms with Gasteiger partial charge in [0.1, 0.15) is 17.8 Å². The van der Waals surface area contributed by atoms with E-state index in [1.807, 2.05) is 0 Å². The van der Waals surface area contributed by atoms with Crippen molar-refractivity contribution in [2.24, 2.45) is 0 Å². The molecule has 0 bridgehead atoms. The molecule has 1 aromatic carbocycles. The molecule has 160 valence electrons. The third-order valence-corrected chi connectivity index (χ3v) is 6.03. The molecule has 0 radical (unpaired) electrons. The molecule has 4 rings (SSSR count). The van der Waals surface area contributed by atoms with Gasteiger partial charge in [0.15, 0.2) is 0 Å². The van der Waals surface area contributed by atoms with Crippen LogP contribution in [0.5, 0.6) is 0 Å². The van der Waals surface area contributed by atoms with Crippen LogP contribution in [0.2, 0.25) is 0 Å². The Labute approximate surface area is 177 Å². The largest absolute Gasteiger partial charge is 0.390 e. The number of carbonyl (C=O) groups excluding carboxylic acids is 1. The van der Waals surface area contributed by atoms with Crippen LogP contribution in [-0.4, -0.2) is 57.7 Å². The fourth-order valence-corrected chi connectivity index (χ4v) is 4.39. The average molecular weight is 410 g/mol. The van der Waals surface area contributed by atoms with E-state index < -0.39 is 6.10 Å². The van der Waals surface area contributed by atoms with E-state index in [1.54, 1.807) is 6.07 Å². The quantitative estimate of drug-likeness (QED) is 0.651. The van der Waals surface area contributed by atoms with Crippen LogP contribution in [0.15, 0.2) is 36.7 Å². The number of aliphatic hydroxyl groups excluding tert-OH is 1. The molecular formula is C23H31N5O2. The summed E-state index contributed by atoms with van der Waals surface area (Å²) in [6.45, 7) is 2.49. The monoisotopic (exact) mass is 409 g/mol. The zero-order chi connectivity index (χ0) is 20.8. The van der Waals surface area contributed by atoms with Gasteiger partial charge in [0.25, 0.3) is 5.91 Å². The fourth-order valence-electron chi connectivity index (χ4n) is 4.39. The molecular weight excluding hydrogens is 378 g/mol. The Morgan fingerprint density at radius 2 is 1.97 bits per heavy atom. The highest BCUT2D eigenvalue weighted by molar-refractivity contribution is 5.92. The predicted molar refractivity (Wildman–Crippen MR) is 116 cm³/mol. The first kappa shape index (κ1) is 20.8. The van der Waals surface area contributed by atoms with Crippen molar-refractivity contribution in [1.82, 2.24) is 20.2 Å². The van der Waals surface area contributed by atoms with E-state index in [4.69, 9.17) is 0 Å². The minimum atomic E-state index is -0.624. The van der Waals surface area contributed by atoms with Gasteiger partial charge in [0.05, 0.1) is 6.10 Å². The van der Waals surface area contributed by atoms with Gasteiger partial charge in [-0.05, 0) is 30.4 Å². The molecule has 1 aromatic heterocycles. The van der Waals surface area contributed by atoms with Crippen LogP contribution >= 0.6 is 0 Å². The Kier molecular flexibility index (Phi) is 6.92. The number of aromatic nitrogens is 2. The van der Waals surface area contributed by atoms with Crippen LogP contribution in [0.4, 0.5) is 5.82 Å². The number of benzene rings is 1. The summed E-state index contributed by atoms with van der Waals surface area (Å²) in [4.78, 5) is 23.1. The number of anilines is 1. The second-order valence-electron chi connectivity index (χ2n) is 8.39. The van der Waals surface area contributed by atoms with Gasteiger partial charge in [-0.1, -0.05) is 43.5 Å². The van der Waals surface area contributed by atoms with Crippen LogP contribution in [0, 0.1) is 0 Å². The molecule has 0 saturated heterocycles. The first-order valence-corrected chi connectivity index (χ1v) is 11.0. The van der Waals surface area contributed by atoms with E-state index in [0.29, 0.717) is 24.1 Å². The van der Waals surface area contributed by atoms with Crippen molar-refractivity contribution in [3.05, 3.63) is 53.5 Å². The Bertz CT molecular complexity index is 853. The van der Waals surface area contributed by atoms with Crippen molar-refractivity contribution in [2.75, 3.05) is 25.0 Å². The highest BCUT2D eigenvalue weighted by Gasteiger charge is 2.19. The molecule has 1 atom stereocenters. The lowest BCUT2D eigenvalue weighted by Crippen LogP contribution is -2.42. The molecule has 1 aliphatic carbocycles. The molecule has 3 N–H and O–H groups in total. The number of rotatable bonds is 7. The third kappa shape index (κ3) is 5.55. The van der Waals surface area contributed by atoms with Crippen molar-refractivity contribution in [2.45, 2.75) is 57.2 Å². The van der Waals surface area contributed by atoms with Gasteiger partial charge in [0.2, 0.25) is 0 Å². The smallest absolute Gasteiger partial charge is 0.270 e. The van der Waals surface area contributed by atoms with Crippen molar-refractivity contribution < 1.29 is 9.90 Å². The minimum absolute atomic E-state index is 0.201. The highest BCUT2D eigenvalue weighted by Crippen LogP contribution is 2.21. The number of β-amino-alcohol motifs (C(OH)–C–C–N with tert-alkyl or cyclic N) is 1. The highest BCUT2D eigenvalue weighted by atomic mass is 16.3. The summed E-state index contributed by atoms with van der Waals surface area (Å²) in [6, 6.07) is 10.5. The predicted octanol–water partition coefficient (Wildman–Crippen LogP) is 2.37. The zero-order valence-corrected chi connectivity index (χ0v) is 17.4. The number of amides is 1. The van der Waals surface area contributed by atoms with Crippen LogP contribution in [0.3, 0.4) is 0 Å². The van der Waals surface area contributed by atoms with Gasteiger partial charge in [-0.25, -0.2) is 9.97 Å². The molecule has 2 aliphatic rings. The van der Waals surface area contributed by atoms with Gasteiger partial charge in [-0.15, -0.1) is 0 Å². The molecule has 30 heavy (non-hydrogen) atoms. The Hall–Kier alpha value is -2.51. The van der Waals surface area contributed by atoms with Crippen LogP contribution in [-0.2, 0) is 13.0 Å². The second-order valence-corrected chi connectivity index (χ2v) is 8.39. The average Bonchev–Trinajstić information content (AvgIpc) is 2.78. The van der Waals surface area contributed by atoms with E-state index in [0.717, 1.165) is 32.4 Å². The summed E-state index contributed by atoms with van der Waals surface area (Å²) < 4.78 is 0. The number of carbonyl (C=O) groups is 1. The third-order valence-electron chi connectivity index (χ3n) is 6.03. The van der Waals surface area contributed by atoms with Crippen molar-refractivity contribution >= 4 is 11.7 Å². The maximum Gasteiger partial charge on any atom is 0.270 e. The van der Waals surface area contributed by atoms with Crippen molar-refractivity contribution in [1.29, 1.82) is 0 Å². The van der Waals surface area contributed by atoms with Crippen LogP contribution in [0.1, 0.15) is 53.7 Å². The van der Waals surface area contributed by atoms with E-state index in [9.17, 15) is 9.90 Å². The van der Waals surface area contributed by atoms with E-state index in [1.165, 1.54) is 36.7 Å². The minimum Gasteiger partial charge on any atom is -0.390 e. The lowest BCUT2D eigenvalue weighted by molar-refractivity contribution is 0.0838. The molecule has 1 amide bonds. The lowest BCUT2D eigenvalue weighted by Gasteiger charge is -2.30. The standard InChI is InChI=1S/C23H31N5O2/c29-20(15-28-11-10-17-6-4-5-7-18(17)14-28)13-24-23(30)21-12-22(26-16-25-21)27-19-8-2-1-3-9-19/h4-7,12,16,19-20,29H,1-3,8-11,13-15H2,(H,24,30)(H,25,26,27). The summed E-state index contributed by atoms with van der Waals surface area (Å²) >= 11 is 0. The van der Waals surface area contributed by atoms with Gasteiger partial charge >= 0.3 is 0 Å². The first-order valence-electron chi connectivity index (χ1n) is 11.0. The fraction of sp³-hybridized carbons (Fsp3) is 0.522. The molecule has 2 aromatic rings. The normalized spacial score (nSPS) is 18.4. The number of nitrogens with one attached hydrogen (secondary N) is 2. The number of hydrogen-bond acceptors (Lipinski definition) is 6. The van der Waals surface area contributed by atoms with Gasteiger partial charge < -0.3 is 15.7 Å². The van der Waals surface area contributed by atoms with E-state index >= 15 is 0 Å². The maximum atomic E-state index is 12.5. The summed E-state index contributed by atoms with van der Waals surface area (Å²) in [5, 5.41) is 16.6. The zero-order valence-electron chi connectivity index (χ0n) is 17.4. The van der Waals surface area contributed by atoms with E-state index in [2.05, 4.69) is 49.8 Å². The molecule has 1 unspecified atom stereocenters. The summed E-state index contributed by atoms with van der Waals surface area (Å²) in [5.41, 5.74) is 3.03. The van der Waals surface area contributed by atoms with Crippen LogP contribution in [0.25, 0.3) is 0 Å². The van der Waals surface area contributed by atoms with Gasteiger partial charge in [-0.2, -0.15) is 0 Å². The molecule has 7 nitrogen and oxygen atoms in total. The van der Waals surface area contributed by atoms with Gasteiger partial charge in [-0.3, -0.25) is 9.69 Å².